The predicted octanol–water partition coefficient (Wildman–Crippen LogP) is 15.5. The second-order valence-corrected chi connectivity index (χ2v) is 15.9. The molecule has 0 aliphatic rings. The first kappa shape index (κ1) is 43.9. The van der Waals surface area contributed by atoms with Crippen molar-refractivity contribution in [3.05, 3.63) is 60.2 Å². The number of allylic oxidation sites excluding steroid dienone is 4. The molecule has 0 unspecified atom stereocenters. The molecule has 0 saturated heterocycles. The molecule has 0 saturated carbocycles. The van der Waals surface area contributed by atoms with Gasteiger partial charge in [0.1, 0.15) is 0 Å². The van der Waals surface area contributed by atoms with Crippen LogP contribution in [0.5, 0.6) is 0 Å². The average Bonchev–Trinajstić information content (AvgIpc) is 3.08. The highest BCUT2D eigenvalue weighted by atomic mass is 31.2. The van der Waals surface area contributed by atoms with Crippen molar-refractivity contribution >= 4 is 7.60 Å². The Kier molecular flexibility index (Phi) is 32.4. The fourth-order valence-corrected chi connectivity index (χ4v) is 7.77. The van der Waals surface area contributed by atoms with Crippen molar-refractivity contribution in [3.8, 4) is 0 Å². The van der Waals surface area contributed by atoms with Crippen LogP contribution in [0.15, 0.2) is 54.6 Å². The van der Waals surface area contributed by atoms with Gasteiger partial charge >= 0.3 is 7.60 Å². The van der Waals surface area contributed by atoms with E-state index in [1.54, 1.807) is 0 Å². The van der Waals surface area contributed by atoms with Gasteiger partial charge < -0.3 is 9.05 Å². The van der Waals surface area contributed by atoms with Gasteiger partial charge in [0, 0.05) is 0 Å². The van der Waals surface area contributed by atoms with Crippen LogP contribution < -0.4 is 0 Å². The number of unbranched alkanes of at least 4 members (excludes halogenated alkanes) is 24. The molecule has 1 rings (SSSR count). The van der Waals surface area contributed by atoms with Crippen LogP contribution in [-0.4, -0.2) is 13.2 Å². The highest BCUT2D eigenvalue weighted by Crippen LogP contribution is 2.51. The zero-order valence-electron chi connectivity index (χ0n) is 31.3. The summed E-state index contributed by atoms with van der Waals surface area (Å²) in [5.41, 5.74) is 1.03. The van der Waals surface area contributed by atoms with E-state index in [9.17, 15) is 4.57 Å². The van der Waals surface area contributed by atoms with E-state index < -0.39 is 7.60 Å². The Morgan fingerprint density at radius 2 is 0.766 bits per heavy atom. The predicted molar refractivity (Wildman–Crippen MR) is 209 cm³/mol. The Balaban J connectivity index is 2.08. The van der Waals surface area contributed by atoms with Gasteiger partial charge in [0.05, 0.1) is 19.4 Å². The van der Waals surface area contributed by atoms with Gasteiger partial charge in [-0.15, -0.1) is 0 Å². The van der Waals surface area contributed by atoms with Crippen LogP contribution in [0.1, 0.15) is 199 Å². The summed E-state index contributed by atoms with van der Waals surface area (Å²) in [4.78, 5) is 0. The molecule has 47 heavy (non-hydrogen) atoms. The van der Waals surface area contributed by atoms with E-state index in [1.165, 1.54) is 154 Å². The molecule has 0 bridgehead atoms. The van der Waals surface area contributed by atoms with Crippen molar-refractivity contribution in [2.24, 2.45) is 0 Å². The number of hydrogen-bond acceptors (Lipinski definition) is 3. The Hall–Kier alpha value is -1.15. The fraction of sp³-hybridized carbons (Fsp3) is 0.767. The molecule has 0 atom stereocenters. The molecular weight excluding hydrogens is 595 g/mol. The Bertz CT molecular complexity index is 817. The molecule has 1 aromatic rings. The summed E-state index contributed by atoms with van der Waals surface area (Å²) in [6.07, 6.45) is 45.8. The molecule has 272 valence electrons. The van der Waals surface area contributed by atoms with Gasteiger partial charge in [0.15, 0.2) is 0 Å². The van der Waals surface area contributed by atoms with E-state index in [2.05, 4.69) is 38.2 Å². The molecule has 4 heteroatoms. The lowest BCUT2D eigenvalue weighted by molar-refractivity contribution is 0.196. The molecule has 0 heterocycles. The lowest BCUT2D eigenvalue weighted by atomic mass is 10.1. The lowest BCUT2D eigenvalue weighted by Gasteiger charge is -2.19. The van der Waals surface area contributed by atoms with Gasteiger partial charge in [0.2, 0.25) is 0 Å². The minimum absolute atomic E-state index is 0.368. The maximum Gasteiger partial charge on any atom is 0.335 e. The first-order valence-corrected chi connectivity index (χ1v) is 22.1. The van der Waals surface area contributed by atoms with E-state index in [4.69, 9.17) is 9.05 Å². The highest BCUT2D eigenvalue weighted by molar-refractivity contribution is 7.53. The second-order valence-electron chi connectivity index (χ2n) is 13.8. The zero-order chi connectivity index (χ0) is 33.8. The smallest absolute Gasteiger partial charge is 0.308 e. The molecule has 0 N–H and O–H groups in total. The van der Waals surface area contributed by atoms with Crippen molar-refractivity contribution in [2.45, 2.75) is 200 Å². The highest BCUT2D eigenvalue weighted by Gasteiger charge is 2.25. The van der Waals surface area contributed by atoms with E-state index in [0.29, 0.717) is 19.4 Å². The van der Waals surface area contributed by atoms with E-state index in [-0.39, 0.29) is 0 Å². The minimum atomic E-state index is -3.14. The topological polar surface area (TPSA) is 35.5 Å². The van der Waals surface area contributed by atoms with Gasteiger partial charge in [-0.05, 0) is 69.8 Å². The van der Waals surface area contributed by atoms with Gasteiger partial charge in [0.25, 0.3) is 0 Å². The van der Waals surface area contributed by atoms with Crippen LogP contribution in [0.2, 0.25) is 0 Å². The maximum absolute atomic E-state index is 13.6. The summed E-state index contributed by atoms with van der Waals surface area (Å²) >= 11 is 0. The van der Waals surface area contributed by atoms with Crippen LogP contribution in [0.25, 0.3) is 0 Å². The van der Waals surface area contributed by atoms with Crippen LogP contribution in [0.4, 0.5) is 0 Å². The van der Waals surface area contributed by atoms with Crippen molar-refractivity contribution < 1.29 is 13.6 Å². The first-order chi connectivity index (χ1) is 23.2. The van der Waals surface area contributed by atoms with Crippen LogP contribution in [0, 0.1) is 0 Å². The van der Waals surface area contributed by atoms with Crippen LogP contribution in [-0.2, 0) is 19.8 Å². The third kappa shape index (κ3) is 30.6. The van der Waals surface area contributed by atoms with Gasteiger partial charge in [-0.1, -0.05) is 184 Å². The van der Waals surface area contributed by atoms with Crippen molar-refractivity contribution in [2.75, 3.05) is 13.2 Å². The van der Waals surface area contributed by atoms with Crippen LogP contribution in [0.3, 0.4) is 0 Å². The first-order valence-electron chi connectivity index (χ1n) is 20.4. The molecule has 0 aliphatic heterocycles. The number of rotatable bonds is 36. The number of benzene rings is 1. The Morgan fingerprint density at radius 1 is 0.447 bits per heavy atom. The molecule has 3 nitrogen and oxygen atoms in total. The monoisotopic (exact) mass is 673 g/mol. The third-order valence-corrected chi connectivity index (χ3v) is 11.0. The van der Waals surface area contributed by atoms with E-state index >= 15 is 0 Å². The fourth-order valence-electron chi connectivity index (χ4n) is 6.04. The van der Waals surface area contributed by atoms with Gasteiger partial charge in [-0.25, -0.2) is 0 Å². The van der Waals surface area contributed by atoms with Crippen molar-refractivity contribution in [3.63, 3.8) is 0 Å². The summed E-state index contributed by atoms with van der Waals surface area (Å²) in [6.45, 7) is 5.61. The lowest BCUT2D eigenvalue weighted by Crippen LogP contribution is -2.02. The van der Waals surface area contributed by atoms with Gasteiger partial charge in [-0.3, -0.25) is 4.57 Å². The normalized spacial score (nSPS) is 12.2. The molecule has 1 aromatic carbocycles. The van der Waals surface area contributed by atoms with Crippen molar-refractivity contribution in [1.29, 1.82) is 0 Å². The SMILES string of the molecule is CCCCCCCC/C=C\CCCCCCCCOP(=O)(Cc1ccccc1)OCCCCCCCC/C=C\CCCCCCCC. The van der Waals surface area contributed by atoms with E-state index in [1.807, 2.05) is 30.3 Å². The molecule has 0 spiro atoms. The van der Waals surface area contributed by atoms with Crippen LogP contribution >= 0.6 is 7.60 Å². The van der Waals surface area contributed by atoms with Gasteiger partial charge in [-0.2, -0.15) is 0 Å². The molecule has 0 fully saturated rings. The number of hydrogen-bond donors (Lipinski definition) is 0. The molecule has 0 aromatic heterocycles. The minimum Gasteiger partial charge on any atom is -0.308 e. The summed E-state index contributed by atoms with van der Waals surface area (Å²) in [5.74, 6) is 0. The average molecular weight is 673 g/mol. The van der Waals surface area contributed by atoms with E-state index in [0.717, 1.165) is 31.2 Å². The standard InChI is InChI=1S/C43H77O3P/c1-3-5-7-9-11-13-15-17-19-21-23-25-27-29-31-36-40-45-47(44,42-43-38-34-33-35-39-43)46-41-37-32-30-28-26-24-22-20-18-16-14-12-10-8-6-4-2/h17-20,33-35,38-39H,3-16,21-32,36-37,40-42H2,1-2H3/b19-17-,20-18-. The summed E-state index contributed by atoms with van der Waals surface area (Å²) in [7, 11) is -3.14. The maximum atomic E-state index is 13.6. The molecule has 0 aliphatic carbocycles. The second kappa shape index (κ2) is 34.7. The largest absolute Gasteiger partial charge is 0.335 e. The summed E-state index contributed by atoms with van der Waals surface area (Å²) in [5, 5.41) is 0. The summed E-state index contributed by atoms with van der Waals surface area (Å²) in [6, 6.07) is 10.0. The van der Waals surface area contributed by atoms with Crippen molar-refractivity contribution in [1.82, 2.24) is 0 Å². The molecule has 0 radical (unpaired) electrons. The summed E-state index contributed by atoms with van der Waals surface area (Å²) < 4.78 is 25.6. The quantitative estimate of drug-likeness (QED) is 0.0404. The third-order valence-electron chi connectivity index (χ3n) is 9.11. The molecule has 0 amide bonds. The molecular formula is C43H77O3P. The zero-order valence-corrected chi connectivity index (χ0v) is 32.2. The Morgan fingerprint density at radius 3 is 1.13 bits per heavy atom. The Labute approximate surface area is 293 Å².